The summed E-state index contributed by atoms with van der Waals surface area (Å²) in [6.07, 6.45) is 8.84. The molecule has 1 aromatic rings. The average Bonchev–Trinajstić information content (AvgIpc) is 2.52. The van der Waals surface area contributed by atoms with Crippen LogP contribution in [0.25, 0.3) is 0 Å². The Morgan fingerprint density at radius 3 is 2.64 bits per heavy atom. The van der Waals surface area contributed by atoms with Gasteiger partial charge in [0, 0.05) is 12.1 Å². The van der Waals surface area contributed by atoms with Gasteiger partial charge in [0.2, 0.25) is 0 Å². The Hall–Kier alpha value is -1.15. The van der Waals surface area contributed by atoms with Crippen LogP contribution >= 0.6 is 0 Å². The number of aryl methyl sites for hydroxylation is 1. The van der Waals surface area contributed by atoms with Crippen LogP contribution in [0.5, 0.6) is 0 Å². The molecule has 0 aromatic heterocycles. The van der Waals surface area contributed by atoms with Crippen molar-refractivity contribution in [3.8, 4) is 0 Å². The van der Waals surface area contributed by atoms with Crippen LogP contribution in [0.15, 0.2) is 24.3 Å². The first kappa shape index (κ1) is 17.2. The highest BCUT2D eigenvalue weighted by Crippen LogP contribution is 2.16. The molecule has 1 unspecified atom stereocenters. The number of hydrogen-bond acceptors (Lipinski definition) is 2. The summed E-state index contributed by atoms with van der Waals surface area (Å²) in [6.45, 7) is 7.25. The van der Waals surface area contributed by atoms with Crippen molar-refractivity contribution in [1.82, 2.24) is 4.90 Å². The minimum atomic E-state index is 0.270. The van der Waals surface area contributed by atoms with Crippen molar-refractivity contribution in [2.45, 2.75) is 58.8 Å². The zero-order chi connectivity index (χ0) is 15.8. The van der Waals surface area contributed by atoms with E-state index < -0.39 is 0 Å². The Bertz CT molecular complexity index is 451. The fraction of sp³-hybridized carbons (Fsp3) is 0.650. The number of nitrogens with zero attached hydrogens (tertiary/aromatic N) is 1. The van der Waals surface area contributed by atoms with Crippen molar-refractivity contribution in [2.24, 2.45) is 5.92 Å². The SMILES string of the molecule is CCCCCCc1ccc(C(=O)CN2CCCC(C)C2)cc1. The van der Waals surface area contributed by atoms with E-state index in [0.717, 1.165) is 31.0 Å². The Kier molecular flexibility index (Phi) is 7.11. The minimum Gasteiger partial charge on any atom is -0.296 e. The lowest BCUT2D eigenvalue weighted by Crippen LogP contribution is -2.37. The Balaban J connectivity index is 1.80. The second-order valence-corrected chi connectivity index (χ2v) is 6.91. The lowest BCUT2D eigenvalue weighted by atomic mass is 9.99. The number of hydrogen-bond donors (Lipinski definition) is 0. The molecule has 1 saturated heterocycles. The van der Waals surface area contributed by atoms with Crippen molar-refractivity contribution in [1.29, 1.82) is 0 Å². The van der Waals surface area contributed by atoms with Crippen molar-refractivity contribution >= 4 is 5.78 Å². The van der Waals surface area contributed by atoms with Crippen LogP contribution < -0.4 is 0 Å². The van der Waals surface area contributed by atoms with E-state index in [9.17, 15) is 4.79 Å². The molecule has 2 rings (SSSR count). The third-order valence-corrected chi connectivity index (χ3v) is 4.70. The van der Waals surface area contributed by atoms with Gasteiger partial charge in [-0.25, -0.2) is 0 Å². The molecule has 0 bridgehead atoms. The Morgan fingerprint density at radius 2 is 1.95 bits per heavy atom. The number of carbonyl (C=O) groups excluding carboxylic acids is 1. The van der Waals surface area contributed by atoms with Gasteiger partial charge in [-0.15, -0.1) is 0 Å². The van der Waals surface area contributed by atoms with E-state index in [-0.39, 0.29) is 5.78 Å². The number of ketones is 1. The number of rotatable bonds is 8. The summed E-state index contributed by atoms with van der Waals surface area (Å²) >= 11 is 0. The van der Waals surface area contributed by atoms with E-state index in [2.05, 4.69) is 30.9 Å². The molecule has 1 fully saturated rings. The second-order valence-electron chi connectivity index (χ2n) is 6.91. The zero-order valence-corrected chi connectivity index (χ0v) is 14.3. The molecule has 0 spiro atoms. The molecule has 2 nitrogen and oxygen atoms in total. The van der Waals surface area contributed by atoms with Gasteiger partial charge >= 0.3 is 0 Å². The monoisotopic (exact) mass is 301 g/mol. The van der Waals surface area contributed by atoms with Crippen LogP contribution in [-0.4, -0.2) is 30.3 Å². The third kappa shape index (κ3) is 5.57. The molecule has 1 aliphatic rings. The van der Waals surface area contributed by atoms with Gasteiger partial charge in [-0.3, -0.25) is 9.69 Å². The summed E-state index contributed by atoms with van der Waals surface area (Å²) < 4.78 is 0. The van der Waals surface area contributed by atoms with Gasteiger partial charge in [0.05, 0.1) is 6.54 Å². The summed E-state index contributed by atoms with van der Waals surface area (Å²) in [7, 11) is 0. The van der Waals surface area contributed by atoms with Crippen LogP contribution in [0.1, 0.15) is 68.3 Å². The molecule has 1 atom stereocenters. The van der Waals surface area contributed by atoms with Crippen LogP contribution in [0.4, 0.5) is 0 Å². The van der Waals surface area contributed by atoms with Gasteiger partial charge in [0.15, 0.2) is 5.78 Å². The predicted octanol–water partition coefficient (Wildman–Crippen LogP) is 4.72. The number of Topliss-reactive ketones (excluding diaryl/α,β-unsaturated/α-hetero) is 1. The molecule has 22 heavy (non-hydrogen) atoms. The van der Waals surface area contributed by atoms with Gasteiger partial charge in [0.25, 0.3) is 0 Å². The summed E-state index contributed by atoms with van der Waals surface area (Å²) in [5.41, 5.74) is 2.23. The molecule has 122 valence electrons. The molecular formula is C20H31NO. The first-order valence-electron chi connectivity index (χ1n) is 9.03. The van der Waals surface area contributed by atoms with Crippen molar-refractivity contribution in [3.63, 3.8) is 0 Å². The lowest BCUT2D eigenvalue weighted by molar-refractivity contribution is 0.0893. The molecule has 0 amide bonds. The van der Waals surface area contributed by atoms with Crippen LogP contribution in [0.2, 0.25) is 0 Å². The topological polar surface area (TPSA) is 20.3 Å². The lowest BCUT2D eigenvalue weighted by Gasteiger charge is -2.30. The average molecular weight is 301 g/mol. The highest BCUT2D eigenvalue weighted by atomic mass is 16.1. The number of benzene rings is 1. The molecular weight excluding hydrogens is 270 g/mol. The molecule has 0 N–H and O–H groups in total. The minimum absolute atomic E-state index is 0.270. The Labute approximate surface area is 135 Å². The standard InChI is InChI=1S/C20H31NO/c1-3-4-5-6-9-18-10-12-19(13-11-18)20(22)16-21-14-7-8-17(2)15-21/h10-13,17H,3-9,14-16H2,1-2H3. The molecule has 1 aliphatic heterocycles. The second kappa shape index (κ2) is 9.09. The van der Waals surface area contributed by atoms with E-state index in [0.29, 0.717) is 6.54 Å². The number of piperidine rings is 1. The van der Waals surface area contributed by atoms with Crippen LogP contribution in [-0.2, 0) is 6.42 Å². The highest BCUT2D eigenvalue weighted by molar-refractivity contribution is 5.97. The van der Waals surface area contributed by atoms with Gasteiger partial charge < -0.3 is 0 Å². The van der Waals surface area contributed by atoms with Gasteiger partial charge in [0.1, 0.15) is 0 Å². The molecule has 0 aliphatic carbocycles. The maximum absolute atomic E-state index is 12.4. The van der Waals surface area contributed by atoms with Crippen molar-refractivity contribution in [2.75, 3.05) is 19.6 Å². The molecule has 0 saturated carbocycles. The van der Waals surface area contributed by atoms with E-state index in [4.69, 9.17) is 0 Å². The fourth-order valence-electron chi connectivity index (χ4n) is 3.34. The van der Waals surface area contributed by atoms with E-state index in [1.54, 1.807) is 0 Å². The third-order valence-electron chi connectivity index (χ3n) is 4.70. The van der Waals surface area contributed by atoms with E-state index >= 15 is 0 Å². The van der Waals surface area contributed by atoms with E-state index in [1.807, 2.05) is 12.1 Å². The van der Waals surface area contributed by atoms with Gasteiger partial charge in [-0.05, 0) is 43.7 Å². The predicted molar refractivity (Wildman–Crippen MR) is 93.5 cm³/mol. The van der Waals surface area contributed by atoms with Crippen LogP contribution in [0, 0.1) is 5.92 Å². The zero-order valence-electron chi connectivity index (χ0n) is 14.3. The Morgan fingerprint density at radius 1 is 1.18 bits per heavy atom. The largest absolute Gasteiger partial charge is 0.296 e. The maximum atomic E-state index is 12.4. The summed E-state index contributed by atoms with van der Waals surface area (Å²) in [6, 6.07) is 8.31. The first-order chi connectivity index (χ1) is 10.7. The number of carbonyl (C=O) groups is 1. The molecule has 1 aromatic carbocycles. The van der Waals surface area contributed by atoms with Gasteiger partial charge in [-0.1, -0.05) is 57.4 Å². The fourth-order valence-corrected chi connectivity index (χ4v) is 3.34. The summed E-state index contributed by atoms with van der Waals surface area (Å²) in [5, 5.41) is 0. The highest BCUT2D eigenvalue weighted by Gasteiger charge is 2.19. The normalized spacial score (nSPS) is 19.3. The first-order valence-corrected chi connectivity index (χ1v) is 9.03. The molecule has 2 heteroatoms. The summed E-state index contributed by atoms with van der Waals surface area (Å²) in [4.78, 5) is 14.7. The van der Waals surface area contributed by atoms with Crippen LogP contribution in [0.3, 0.4) is 0 Å². The smallest absolute Gasteiger partial charge is 0.176 e. The van der Waals surface area contributed by atoms with Crippen molar-refractivity contribution in [3.05, 3.63) is 35.4 Å². The quantitative estimate of drug-likeness (QED) is 0.511. The van der Waals surface area contributed by atoms with E-state index in [1.165, 1.54) is 44.1 Å². The number of likely N-dealkylation sites (tertiary alicyclic amines) is 1. The molecule has 1 heterocycles. The summed E-state index contributed by atoms with van der Waals surface area (Å²) in [5.74, 6) is 0.999. The van der Waals surface area contributed by atoms with Crippen molar-refractivity contribution < 1.29 is 4.79 Å². The molecule has 0 radical (unpaired) electrons. The van der Waals surface area contributed by atoms with Gasteiger partial charge in [-0.2, -0.15) is 0 Å². The maximum Gasteiger partial charge on any atom is 0.176 e. The number of unbranched alkanes of at least 4 members (excludes halogenated alkanes) is 3.